The Hall–Kier alpha value is -0.910. The number of nitrogens with one attached hydrogen (secondary N) is 2. The van der Waals surface area contributed by atoms with Crippen LogP contribution in [0.5, 0.6) is 0 Å². The number of carbonyl (C=O) groups excluding carboxylic acids is 1. The van der Waals surface area contributed by atoms with Crippen LogP contribution in [0.4, 0.5) is 0 Å². The highest BCUT2D eigenvalue weighted by Crippen LogP contribution is 2.28. The summed E-state index contributed by atoms with van der Waals surface area (Å²) in [6.45, 7) is 2.53. The lowest BCUT2D eigenvalue weighted by atomic mass is 9.86. The van der Waals surface area contributed by atoms with Crippen molar-refractivity contribution in [2.24, 2.45) is 10.9 Å². The third kappa shape index (κ3) is 5.87. The molecular weight excluding hydrogens is 320 g/mol. The van der Waals surface area contributed by atoms with E-state index in [1.165, 1.54) is 44.9 Å². The van der Waals surface area contributed by atoms with E-state index in [4.69, 9.17) is 0 Å². The summed E-state index contributed by atoms with van der Waals surface area (Å²) in [6, 6.07) is 0.944. The number of rotatable bonds is 5. The number of likely N-dealkylation sites (N-methyl/N-ethyl adjacent to an activating group) is 1. The fourth-order valence-electron chi connectivity index (χ4n) is 3.61. The second-order valence-electron chi connectivity index (χ2n) is 7.48. The van der Waals surface area contributed by atoms with E-state index in [-0.39, 0.29) is 12.5 Å². The van der Waals surface area contributed by atoms with Gasteiger partial charge in [-0.3, -0.25) is 4.79 Å². The third-order valence-electron chi connectivity index (χ3n) is 5.36. The molecule has 5 nitrogen and oxygen atoms in total. The largest absolute Gasteiger partial charge is 0.354 e. The molecule has 2 N–H and O–H groups in total. The van der Waals surface area contributed by atoms with Gasteiger partial charge in [0.1, 0.15) is 6.54 Å². The minimum atomic E-state index is 0.0428. The number of thioether (sulfide) groups is 1. The second-order valence-corrected chi connectivity index (χ2v) is 8.62. The second kappa shape index (κ2) is 9.54. The predicted molar refractivity (Wildman–Crippen MR) is 104 cm³/mol. The molecule has 0 aliphatic heterocycles. The topological polar surface area (TPSA) is 56.7 Å². The highest BCUT2D eigenvalue weighted by atomic mass is 32.2. The van der Waals surface area contributed by atoms with Gasteiger partial charge in [-0.15, -0.1) is 0 Å². The van der Waals surface area contributed by atoms with Crippen molar-refractivity contribution in [1.29, 1.82) is 0 Å². The molecule has 0 aromatic carbocycles. The zero-order chi connectivity index (χ0) is 17.5. The third-order valence-corrected chi connectivity index (χ3v) is 6.46. The van der Waals surface area contributed by atoms with Gasteiger partial charge in [0.15, 0.2) is 5.96 Å². The number of hydrogen-bond donors (Lipinski definition) is 2. The van der Waals surface area contributed by atoms with Crippen LogP contribution in [0.2, 0.25) is 0 Å². The molecule has 4 atom stereocenters. The Morgan fingerprint density at radius 2 is 1.92 bits per heavy atom. The lowest BCUT2D eigenvalue weighted by Crippen LogP contribution is -2.50. The van der Waals surface area contributed by atoms with Gasteiger partial charge in [0.25, 0.3) is 0 Å². The molecule has 0 bridgehead atoms. The summed E-state index contributed by atoms with van der Waals surface area (Å²) in [5.41, 5.74) is 0. The maximum absolute atomic E-state index is 11.9. The summed E-state index contributed by atoms with van der Waals surface area (Å²) in [6.07, 6.45) is 10.9. The van der Waals surface area contributed by atoms with E-state index in [0.717, 1.165) is 11.2 Å². The average molecular weight is 355 g/mol. The fourth-order valence-corrected chi connectivity index (χ4v) is 4.40. The Balaban J connectivity index is 1.97. The first-order chi connectivity index (χ1) is 11.5. The average Bonchev–Trinajstić information content (AvgIpc) is 3.01. The number of nitrogens with zero attached hydrogens (tertiary/aromatic N) is 2. The van der Waals surface area contributed by atoms with Crippen LogP contribution in [0.25, 0.3) is 0 Å². The lowest BCUT2D eigenvalue weighted by Gasteiger charge is -2.31. The molecule has 2 aliphatic rings. The predicted octanol–water partition coefficient (Wildman–Crippen LogP) is 2.47. The number of amides is 1. The molecule has 0 aromatic rings. The van der Waals surface area contributed by atoms with Crippen LogP contribution in [0.3, 0.4) is 0 Å². The summed E-state index contributed by atoms with van der Waals surface area (Å²) < 4.78 is 0. The smallest absolute Gasteiger partial charge is 0.243 e. The molecule has 2 saturated carbocycles. The fraction of sp³-hybridized carbons (Fsp3) is 0.889. The van der Waals surface area contributed by atoms with E-state index < -0.39 is 0 Å². The number of guanidine groups is 1. The van der Waals surface area contributed by atoms with Crippen molar-refractivity contribution >= 4 is 23.6 Å². The van der Waals surface area contributed by atoms with E-state index in [2.05, 4.69) is 28.8 Å². The summed E-state index contributed by atoms with van der Waals surface area (Å²) in [4.78, 5) is 18.1. The van der Waals surface area contributed by atoms with Crippen molar-refractivity contribution < 1.29 is 4.79 Å². The number of carbonyl (C=O) groups is 1. The first-order valence-electron chi connectivity index (χ1n) is 9.30. The SMILES string of the molecule is CSC1CCC(NC(=NCC(=O)N(C)C)NC2CCCCC2C)C1. The van der Waals surface area contributed by atoms with Gasteiger partial charge in [-0.2, -0.15) is 11.8 Å². The normalized spacial score (nSPS) is 30.9. The molecule has 0 heterocycles. The maximum Gasteiger partial charge on any atom is 0.243 e. The van der Waals surface area contributed by atoms with E-state index in [0.29, 0.717) is 18.0 Å². The van der Waals surface area contributed by atoms with Gasteiger partial charge in [0, 0.05) is 31.4 Å². The molecule has 0 saturated heterocycles. The lowest BCUT2D eigenvalue weighted by molar-refractivity contribution is -0.127. The van der Waals surface area contributed by atoms with Gasteiger partial charge in [-0.1, -0.05) is 19.8 Å². The van der Waals surface area contributed by atoms with Crippen LogP contribution < -0.4 is 10.6 Å². The van der Waals surface area contributed by atoms with Crippen LogP contribution in [0.1, 0.15) is 51.9 Å². The van der Waals surface area contributed by atoms with Gasteiger partial charge >= 0.3 is 0 Å². The molecule has 0 spiro atoms. The van der Waals surface area contributed by atoms with Gasteiger partial charge in [-0.25, -0.2) is 4.99 Å². The Bertz CT molecular complexity index is 441. The van der Waals surface area contributed by atoms with Crippen molar-refractivity contribution in [3.05, 3.63) is 0 Å². The summed E-state index contributed by atoms with van der Waals surface area (Å²) in [7, 11) is 3.56. The van der Waals surface area contributed by atoms with Crippen LogP contribution in [0.15, 0.2) is 4.99 Å². The van der Waals surface area contributed by atoms with E-state index in [9.17, 15) is 4.79 Å². The summed E-state index contributed by atoms with van der Waals surface area (Å²) >= 11 is 1.96. The van der Waals surface area contributed by atoms with Crippen LogP contribution in [-0.2, 0) is 4.79 Å². The van der Waals surface area contributed by atoms with Gasteiger partial charge in [-0.05, 0) is 44.3 Å². The molecule has 2 aliphatic carbocycles. The summed E-state index contributed by atoms with van der Waals surface area (Å²) in [5, 5.41) is 7.97. The molecule has 138 valence electrons. The standard InChI is InChI=1S/C18H34N4OS/c1-13-7-5-6-8-16(13)21-18(19-12-17(23)22(2)3)20-14-9-10-15(11-14)24-4/h13-16H,5-12H2,1-4H3,(H2,19,20,21). The first kappa shape index (κ1) is 19.4. The van der Waals surface area contributed by atoms with Crippen molar-refractivity contribution in [2.45, 2.75) is 69.2 Å². The minimum Gasteiger partial charge on any atom is -0.354 e. The van der Waals surface area contributed by atoms with E-state index in [1.807, 2.05) is 11.8 Å². The number of hydrogen-bond acceptors (Lipinski definition) is 3. The Morgan fingerprint density at radius 3 is 2.54 bits per heavy atom. The van der Waals surface area contributed by atoms with Crippen molar-refractivity contribution in [2.75, 3.05) is 26.9 Å². The van der Waals surface area contributed by atoms with Crippen LogP contribution in [0, 0.1) is 5.92 Å². The molecule has 0 aromatic heterocycles. The molecule has 2 rings (SSSR count). The monoisotopic (exact) mass is 354 g/mol. The number of aliphatic imine (C=N–C) groups is 1. The van der Waals surface area contributed by atoms with E-state index in [1.54, 1.807) is 19.0 Å². The zero-order valence-electron chi connectivity index (χ0n) is 15.7. The van der Waals surface area contributed by atoms with E-state index >= 15 is 0 Å². The van der Waals surface area contributed by atoms with Crippen LogP contribution >= 0.6 is 11.8 Å². The van der Waals surface area contributed by atoms with Crippen molar-refractivity contribution in [3.63, 3.8) is 0 Å². The van der Waals surface area contributed by atoms with Gasteiger partial charge < -0.3 is 15.5 Å². The quantitative estimate of drug-likeness (QED) is 0.588. The van der Waals surface area contributed by atoms with Crippen molar-refractivity contribution in [3.8, 4) is 0 Å². The summed E-state index contributed by atoms with van der Waals surface area (Å²) in [5.74, 6) is 1.54. The van der Waals surface area contributed by atoms with Crippen molar-refractivity contribution in [1.82, 2.24) is 15.5 Å². The molecule has 6 heteroatoms. The first-order valence-corrected chi connectivity index (χ1v) is 10.6. The Kier molecular flexibility index (Phi) is 7.72. The van der Waals surface area contributed by atoms with Gasteiger partial charge in [0.05, 0.1) is 0 Å². The Labute approximate surface area is 151 Å². The van der Waals surface area contributed by atoms with Gasteiger partial charge in [0.2, 0.25) is 5.91 Å². The Morgan fingerprint density at radius 1 is 1.17 bits per heavy atom. The zero-order valence-corrected chi connectivity index (χ0v) is 16.5. The van der Waals surface area contributed by atoms with Crippen LogP contribution in [-0.4, -0.2) is 61.0 Å². The molecule has 4 unspecified atom stereocenters. The highest BCUT2D eigenvalue weighted by molar-refractivity contribution is 7.99. The molecular formula is C18H34N4OS. The molecule has 1 amide bonds. The maximum atomic E-state index is 11.9. The highest BCUT2D eigenvalue weighted by Gasteiger charge is 2.27. The molecule has 24 heavy (non-hydrogen) atoms. The molecule has 2 fully saturated rings. The molecule has 0 radical (unpaired) electrons. The minimum absolute atomic E-state index is 0.0428.